The predicted molar refractivity (Wildman–Crippen MR) is 124 cm³/mol. The molecule has 5 rings (SSSR count). The third-order valence-corrected chi connectivity index (χ3v) is 6.05. The van der Waals surface area contributed by atoms with Crippen molar-refractivity contribution in [3.63, 3.8) is 0 Å². The van der Waals surface area contributed by atoms with Gasteiger partial charge in [-0.3, -0.25) is 14.8 Å². The van der Waals surface area contributed by atoms with E-state index in [9.17, 15) is 14.8 Å². The predicted octanol–water partition coefficient (Wildman–Crippen LogP) is 5.41. The Bertz CT molecular complexity index is 1440. The molecule has 1 aromatic heterocycles. The van der Waals surface area contributed by atoms with Gasteiger partial charge < -0.3 is 4.57 Å². The number of hydrogen-bond donors (Lipinski definition) is 1. The minimum Gasteiger partial charge on any atom is -0.343 e. The van der Waals surface area contributed by atoms with Crippen molar-refractivity contribution in [3.8, 4) is 0 Å². The molecule has 0 aliphatic carbocycles. The Morgan fingerprint density at radius 1 is 0.903 bits per heavy atom. The van der Waals surface area contributed by atoms with E-state index in [1.807, 2.05) is 65.4 Å². The summed E-state index contributed by atoms with van der Waals surface area (Å²) in [7, 11) is 0. The maximum atomic E-state index is 13.1. The highest BCUT2D eigenvalue weighted by Crippen LogP contribution is 2.41. The van der Waals surface area contributed by atoms with Crippen LogP contribution in [-0.2, 0) is 16.1 Å². The summed E-state index contributed by atoms with van der Waals surface area (Å²) in [6, 6.07) is 19.0. The number of carbonyl (C=O) groups is 2. The molecular weight excluding hydrogens is 456 g/mol. The van der Waals surface area contributed by atoms with Crippen LogP contribution in [0.3, 0.4) is 0 Å². The highest BCUT2D eigenvalue weighted by molar-refractivity contribution is 9.10. The summed E-state index contributed by atoms with van der Waals surface area (Å²) < 4.78 is 2.82. The second-order valence-corrected chi connectivity index (χ2v) is 8.26. The standard InChI is InChI=1S/C25H17BrN2O3/c1-2-12-27-14-20(19-13-16(26)10-11-21(19)27)23-22(24(29)28(31)25(23)30)18-9-5-7-15-6-3-4-8-17(15)18/h2-11,13-14,31H,1,12H2. The fourth-order valence-corrected chi connectivity index (χ4v) is 4.58. The van der Waals surface area contributed by atoms with Crippen molar-refractivity contribution in [1.82, 2.24) is 9.63 Å². The molecule has 31 heavy (non-hydrogen) atoms. The molecule has 0 radical (unpaired) electrons. The van der Waals surface area contributed by atoms with E-state index in [0.29, 0.717) is 17.7 Å². The first-order valence-electron chi connectivity index (χ1n) is 9.71. The SMILES string of the molecule is C=CCn1cc(C2=C(c3cccc4ccccc34)C(=O)N(O)C2=O)c2cc(Br)ccc21. The topological polar surface area (TPSA) is 62.5 Å². The van der Waals surface area contributed by atoms with Gasteiger partial charge >= 0.3 is 0 Å². The van der Waals surface area contributed by atoms with E-state index in [4.69, 9.17) is 0 Å². The zero-order valence-corrected chi connectivity index (χ0v) is 18.0. The summed E-state index contributed by atoms with van der Waals surface area (Å²) in [5, 5.41) is 13.1. The quantitative estimate of drug-likeness (QED) is 0.245. The van der Waals surface area contributed by atoms with Gasteiger partial charge in [0.15, 0.2) is 0 Å². The summed E-state index contributed by atoms with van der Waals surface area (Å²) in [5.74, 6) is -1.46. The van der Waals surface area contributed by atoms with E-state index in [-0.39, 0.29) is 16.2 Å². The zero-order chi connectivity index (χ0) is 21.7. The van der Waals surface area contributed by atoms with Crippen LogP contribution >= 0.6 is 15.9 Å². The molecule has 6 heteroatoms. The third kappa shape index (κ3) is 2.95. The first-order valence-corrected chi connectivity index (χ1v) is 10.5. The minimum atomic E-state index is -0.731. The molecule has 0 saturated carbocycles. The van der Waals surface area contributed by atoms with Crippen molar-refractivity contribution in [2.24, 2.45) is 0 Å². The van der Waals surface area contributed by atoms with E-state index in [0.717, 1.165) is 26.1 Å². The van der Waals surface area contributed by atoms with Gasteiger partial charge in [0.25, 0.3) is 11.8 Å². The van der Waals surface area contributed by atoms with Crippen LogP contribution in [0.1, 0.15) is 11.1 Å². The average Bonchev–Trinajstić information content (AvgIpc) is 3.23. The van der Waals surface area contributed by atoms with Crippen molar-refractivity contribution in [3.05, 3.63) is 95.1 Å². The number of aromatic nitrogens is 1. The van der Waals surface area contributed by atoms with Crippen LogP contribution in [0.15, 0.2) is 84.0 Å². The number of allylic oxidation sites excluding steroid dienone is 1. The first kappa shape index (κ1) is 19.5. The molecule has 1 N–H and O–H groups in total. The highest BCUT2D eigenvalue weighted by Gasteiger charge is 2.40. The smallest absolute Gasteiger partial charge is 0.286 e. The number of nitrogens with zero attached hydrogens (tertiary/aromatic N) is 2. The number of imide groups is 1. The lowest BCUT2D eigenvalue weighted by Gasteiger charge is -2.08. The lowest BCUT2D eigenvalue weighted by molar-refractivity contribution is -0.168. The van der Waals surface area contributed by atoms with Crippen molar-refractivity contribution in [2.75, 3.05) is 0 Å². The van der Waals surface area contributed by atoms with Gasteiger partial charge in [0.2, 0.25) is 0 Å². The van der Waals surface area contributed by atoms with Gasteiger partial charge in [-0.2, -0.15) is 0 Å². The molecule has 0 spiro atoms. The molecular formula is C25H17BrN2O3. The summed E-state index contributed by atoms with van der Waals surface area (Å²) in [5.41, 5.74) is 2.50. The Labute approximate surface area is 186 Å². The van der Waals surface area contributed by atoms with Crippen molar-refractivity contribution in [2.45, 2.75) is 6.54 Å². The molecule has 0 fully saturated rings. The maximum absolute atomic E-state index is 13.1. The van der Waals surface area contributed by atoms with Crippen LogP contribution in [0.25, 0.3) is 32.8 Å². The molecule has 152 valence electrons. The van der Waals surface area contributed by atoms with E-state index in [2.05, 4.69) is 22.5 Å². The van der Waals surface area contributed by atoms with Crippen molar-refractivity contribution in [1.29, 1.82) is 0 Å². The van der Waals surface area contributed by atoms with Gasteiger partial charge in [-0.1, -0.05) is 64.5 Å². The molecule has 4 aromatic rings. The van der Waals surface area contributed by atoms with Crippen LogP contribution in [0.2, 0.25) is 0 Å². The minimum absolute atomic E-state index is 0.190. The Balaban J connectivity index is 1.89. The summed E-state index contributed by atoms with van der Waals surface area (Å²) in [4.78, 5) is 26.1. The molecule has 1 aliphatic heterocycles. The van der Waals surface area contributed by atoms with E-state index in [1.165, 1.54) is 0 Å². The van der Waals surface area contributed by atoms with E-state index in [1.54, 1.807) is 12.1 Å². The Morgan fingerprint density at radius 2 is 1.61 bits per heavy atom. The number of fused-ring (bicyclic) bond motifs is 2. The second kappa shape index (κ2) is 7.34. The molecule has 0 atom stereocenters. The lowest BCUT2D eigenvalue weighted by atomic mass is 9.92. The number of halogens is 1. The molecule has 0 bridgehead atoms. The molecule has 1 aliphatic rings. The number of amides is 2. The third-order valence-electron chi connectivity index (χ3n) is 5.56. The molecule has 0 unspecified atom stereocenters. The summed E-state index contributed by atoms with van der Waals surface area (Å²) in [6.45, 7) is 4.35. The molecule has 2 heterocycles. The van der Waals surface area contributed by atoms with Gasteiger partial charge in [-0.25, -0.2) is 0 Å². The monoisotopic (exact) mass is 472 g/mol. The van der Waals surface area contributed by atoms with Crippen LogP contribution in [-0.4, -0.2) is 26.7 Å². The summed E-state index contributed by atoms with van der Waals surface area (Å²) >= 11 is 3.50. The Morgan fingerprint density at radius 3 is 2.39 bits per heavy atom. The molecule has 5 nitrogen and oxygen atoms in total. The van der Waals surface area contributed by atoms with Crippen LogP contribution in [0.5, 0.6) is 0 Å². The Kier molecular flexibility index (Phi) is 4.61. The highest BCUT2D eigenvalue weighted by atomic mass is 79.9. The van der Waals surface area contributed by atoms with Gasteiger partial charge in [0.05, 0.1) is 11.1 Å². The molecule has 0 saturated heterocycles. The second-order valence-electron chi connectivity index (χ2n) is 7.34. The van der Waals surface area contributed by atoms with Crippen molar-refractivity contribution >= 4 is 60.6 Å². The normalized spacial score (nSPS) is 14.3. The Hall–Kier alpha value is -3.48. The van der Waals surface area contributed by atoms with Crippen LogP contribution in [0.4, 0.5) is 0 Å². The van der Waals surface area contributed by atoms with Crippen LogP contribution in [0, 0.1) is 0 Å². The molecule has 3 aromatic carbocycles. The number of carbonyl (C=O) groups excluding carboxylic acids is 2. The fraction of sp³-hybridized carbons (Fsp3) is 0.0400. The number of hydrogen-bond acceptors (Lipinski definition) is 3. The zero-order valence-electron chi connectivity index (χ0n) is 16.4. The van der Waals surface area contributed by atoms with Crippen LogP contribution < -0.4 is 0 Å². The number of hydroxylamine groups is 2. The number of rotatable bonds is 4. The molecule has 2 amide bonds. The fourth-order valence-electron chi connectivity index (χ4n) is 4.22. The number of benzene rings is 3. The van der Waals surface area contributed by atoms with Gasteiger partial charge in [-0.15, -0.1) is 11.6 Å². The first-order chi connectivity index (χ1) is 15.0. The van der Waals surface area contributed by atoms with Gasteiger partial charge in [0, 0.05) is 33.7 Å². The van der Waals surface area contributed by atoms with Crippen molar-refractivity contribution < 1.29 is 14.8 Å². The lowest BCUT2D eigenvalue weighted by Crippen LogP contribution is -2.27. The van der Waals surface area contributed by atoms with Gasteiger partial charge in [-0.05, 0) is 34.5 Å². The van der Waals surface area contributed by atoms with E-state index < -0.39 is 11.8 Å². The maximum Gasteiger partial charge on any atom is 0.286 e. The summed E-state index contributed by atoms with van der Waals surface area (Å²) in [6.07, 6.45) is 3.61. The van der Waals surface area contributed by atoms with E-state index >= 15 is 0 Å². The largest absolute Gasteiger partial charge is 0.343 e. The average molecular weight is 473 g/mol. The van der Waals surface area contributed by atoms with Gasteiger partial charge in [0.1, 0.15) is 0 Å².